The maximum Gasteiger partial charge on any atom is 0.255 e. The zero-order chi connectivity index (χ0) is 14.9. The van der Waals surface area contributed by atoms with Crippen LogP contribution in [0.5, 0.6) is 0 Å². The number of aryl methyl sites for hydroxylation is 2. The van der Waals surface area contributed by atoms with Gasteiger partial charge < -0.3 is 5.32 Å². The summed E-state index contributed by atoms with van der Waals surface area (Å²) in [6.45, 7) is 5.66. The van der Waals surface area contributed by atoms with Crippen molar-refractivity contribution >= 4 is 17.5 Å². The van der Waals surface area contributed by atoms with Gasteiger partial charge in [0, 0.05) is 17.8 Å². The molecule has 1 aromatic heterocycles. The highest BCUT2D eigenvalue weighted by atomic mass is 35.5. The van der Waals surface area contributed by atoms with Crippen LogP contribution in [0.1, 0.15) is 40.3 Å². The van der Waals surface area contributed by atoms with Crippen molar-refractivity contribution in [2.75, 3.05) is 0 Å². The maximum absolute atomic E-state index is 12.4. The topological polar surface area (TPSA) is 46.9 Å². The van der Waals surface area contributed by atoms with Crippen molar-refractivity contribution in [3.63, 3.8) is 0 Å². The van der Waals surface area contributed by atoms with Gasteiger partial charge in [0.2, 0.25) is 0 Å². The normalized spacial score (nSPS) is 12.2. The Morgan fingerprint density at radius 2 is 2.10 bits per heavy atom. The number of benzene rings is 1. The van der Waals surface area contributed by atoms with Crippen molar-refractivity contribution in [1.82, 2.24) is 15.1 Å². The summed E-state index contributed by atoms with van der Waals surface area (Å²) in [7, 11) is 1.83. The second-order valence-electron chi connectivity index (χ2n) is 4.92. The fourth-order valence-corrected chi connectivity index (χ4v) is 2.43. The second-order valence-corrected chi connectivity index (χ2v) is 5.36. The molecule has 2 rings (SSSR count). The van der Waals surface area contributed by atoms with Gasteiger partial charge in [-0.05, 0) is 38.5 Å². The smallest absolute Gasteiger partial charge is 0.255 e. The van der Waals surface area contributed by atoms with E-state index in [-0.39, 0.29) is 11.9 Å². The molecule has 0 saturated heterocycles. The van der Waals surface area contributed by atoms with Gasteiger partial charge in [-0.15, -0.1) is 0 Å². The first kappa shape index (κ1) is 14.6. The van der Waals surface area contributed by atoms with Gasteiger partial charge in [-0.3, -0.25) is 9.48 Å². The fourth-order valence-electron chi connectivity index (χ4n) is 2.23. The minimum Gasteiger partial charge on any atom is -0.345 e. The van der Waals surface area contributed by atoms with Gasteiger partial charge in [0.25, 0.3) is 5.91 Å². The average molecular weight is 292 g/mol. The zero-order valence-electron chi connectivity index (χ0n) is 12.1. The Bertz CT molecular complexity index is 649. The molecule has 0 saturated carbocycles. The van der Waals surface area contributed by atoms with Crippen LogP contribution in [-0.2, 0) is 7.05 Å². The Labute approximate surface area is 123 Å². The lowest BCUT2D eigenvalue weighted by Crippen LogP contribution is -2.27. The molecular weight excluding hydrogens is 274 g/mol. The Kier molecular flexibility index (Phi) is 4.14. The second kappa shape index (κ2) is 5.67. The Morgan fingerprint density at radius 3 is 2.65 bits per heavy atom. The lowest BCUT2D eigenvalue weighted by atomic mass is 10.1. The molecular formula is C15H18ClN3O. The third-order valence-corrected chi connectivity index (χ3v) is 3.67. The molecule has 4 nitrogen and oxygen atoms in total. The third-order valence-electron chi connectivity index (χ3n) is 3.43. The van der Waals surface area contributed by atoms with Crippen LogP contribution < -0.4 is 5.32 Å². The first-order chi connectivity index (χ1) is 9.40. The molecule has 1 amide bonds. The summed E-state index contributed by atoms with van der Waals surface area (Å²) in [6, 6.07) is 7.38. The Balaban J connectivity index is 2.19. The molecule has 0 aliphatic rings. The molecule has 2 aromatic rings. The number of aromatic nitrogens is 2. The molecule has 5 heteroatoms. The zero-order valence-corrected chi connectivity index (χ0v) is 12.8. The predicted octanol–water partition coefficient (Wildman–Crippen LogP) is 3.18. The summed E-state index contributed by atoms with van der Waals surface area (Å²) in [5.41, 5.74) is 3.21. The van der Waals surface area contributed by atoms with Crippen molar-refractivity contribution in [2.45, 2.75) is 26.8 Å². The first-order valence-electron chi connectivity index (χ1n) is 6.46. The van der Waals surface area contributed by atoms with E-state index in [1.165, 1.54) is 0 Å². The number of hydrogen-bond acceptors (Lipinski definition) is 2. The number of hydrogen-bond donors (Lipinski definition) is 1. The molecule has 0 bridgehead atoms. The van der Waals surface area contributed by atoms with Gasteiger partial charge in [-0.25, -0.2) is 0 Å². The van der Waals surface area contributed by atoms with E-state index in [0.717, 1.165) is 17.0 Å². The van der Waals surface area contributed by atoms with Gasteiger partial charge in [0.1, 0.15) is 0 Å². The van der Waals surface area contributed by atoms with Crippen LogP contribution in [0.2, 0.25) is 5.02 Å². The number of nitrogens with one attached hydrogen (secondary N) is 1. The van der Waals surface area contributed by atoms with Crippen LogP contribution in [0, 0.1) is 13.8 Å². The molecule has 1 heterocycles. The first-order valence-corrected chi connectivity index (χ1v) is 6.84. The molecule has 0 radical (unpaired) electrons. The van der Waals surface area contributed by atoms with Gasteiger partial charge in [0.15, 0.2) is 0 Å². The van der Waals surface area contributed by atoms with Crippen LogP contribution in [0.4, 0.5) is 0 Å². The van der Waals surface area contributed by atoms with Crippen LogP contribution in [-0.4, -0.2) is 15.7 Å². The van der Waals surface area contributed by atoms with Crippen molar-refractivity contribution in [3.8, 4) is 0 Å². The molecule has 1 unspecified atom stereocenters. The molecule has 1 atom stereocenters. The van der Waals surface area contributed by atoms with Gasteiger partial charge in [0.05, 0.1) is 17.3 Å². The number of amides is 1. The van der Waals surface area contributed by atoms with Crippen molar-refractivity contribution in [1.29, 1.82) is 0 Å². The van der Waals surface area contributed by atoms with Gasteiger partial charge >= 0.3 is 0 Å². The largest absolute Gasteiger partial charge is 0.345 e. The summed E-state index contributed by atoms with van der Waals surface area (Å²) >= 11 is 5.97. The quantitative estimate of drug-likeness (QED) is 0.944. The monoisotopic (exact) mass is 291 g/mol. The van der Waals surface area contributed by atoms with Crippen molar-refractivity contribution in [2.24, 2.45) is 7.05 Å². The number of nitrogens with zero attached hydrogens (tertiary/aromatic N) is 2. The summed E-state index contributed by atoms with van der Waals surface area (Å²) in [6.07, 6.45) is 0. The van der Waals surface area contributed by atoms with Crippen molar-refractivity contribution < 1.29 is 4.79 Å². The van der Waals surface area contributed by atoms with E-state index >= 15 is 0 Å². The van der Waals surface area contributed by atoms with Gasteiger partial charge in [-0.2, -0.15) is 5.10 Å². The molecule has 0 aliphatic heterocycles. The van der Waals surface area contributed by atoms with E-state index in [2.05, 4.69) is 10.4 Å². The van der Waals surface area contributed by atoms with Gasteiger partial charge in [-0.1, -0.05) is 23.7 Å². The van der Waals surface area contributed by atoms with E-state index < -0.39 is 0 Å². The standard InChI is InChI=1S/C15H18ClN3O/c1-9(12-6-5-7-13(16)8-12)17-15(20)14-10(2)18-19(4)11(14)3/h5-9H,1-4H3,(H,17,20). The minimum absolute atomic E-state index is 0.111. The Morgan fingerprint density at radius 1 is 1.40 bits per heavy atom. The van der Waals surface area contributed by atoms with Crippen molar-refractivity contribution in [3.05, 3.63) is 51.8 Å². The molecule has 1 N–H and O–H groups in total. The highest BCUT2D eigenvalue weighted by Crippen LogP contribution is 2.19. The van der Waals surface area contributed by atoms with E-state index in [4.69, 9.17) is 11.6 Å². The van der Waals surface area contributed by atoms with E-state index in [1.54, 1.807) is 4.68 Å². The lowest BCUT2D eigenvalue weighted by Gasteiger charge is -2.14. The molecule has 20 heavy (non-hydrogen) atoms. The number of halogens is 1. The lowest BCUT2D eigenvalue weighted by molar-refractivity contribution is 0.0938. The summed E-state index contributed by atoms with van der Waals surface area (Å²) in [4.78, 5) is 12.4. The Hall–Kier alpha value is -1.81. The highest BCUT2D eigenvalue weighted by molar-refractivity contribution is 6.30. The van der Waals surface area contributed by atoms with Crippen LogP contribution in [0.15, 0.2) is 24.3 Å². The fraction of sp³-hybridized carbons (Fsp3) is 0.333. The predicted molar refractivity (Wildman–Crippen MR) is 80.0 cm³/mol. The number of carbonyl (C=O) groups is 1. The van der Waals surface area contributed by atoms with Crippen LogP contribution in [0.3, 0.4) is 0 Å². The van der Waals surface area contributed by atoms with E-state index in [1.807, 2.05) is 52.1 Å². The van der Waals surface area contributed by atoms with E-state index in [0.29, 0.717) is 10.6 Å². The molecule has 0 aliphatic carbocycles. The molecule has 106 valence electrons. The molecule has 0 spiro atoms. The minimum atomic E-state index is -0.111. The SMILES string of the molecule is Cc1nn(C)c(C)c1C(=O)NC(C)c1cccc(Cl)c1. The summed E-state index contributed by atoms with van der Waals surface area (Å²) in [5, 5.41) is 7.91. The maximum atomic E-state index is 12.4. The summed E-state index contributed by atoms with van der Waals surface area (Å²) < 4.78 is 1.72. The van der Waals surface area contributed by atoms with Crippen LogP contribution in [0.25, 0.3) is 0 Å². The summed E-state index contributed by atoms with van der Waals surface area (Å²) in [5.74, 6) is -0.111. The number of rotatable bonds is 3. The van der Waals surface area contributed by atoms with Crippen LogP contribution >= 0.6 is 11.6 Å². The molecule has 0 fully saturated rings. The van der Waals surface area contributed by atoms with E-state index in [9.17, 15) is 4.79 Å². The molecule has 1 aromatic carbocycles. The average Bonchev–Trinajstić information content (AvgIpc) is 2.63. The third kappa shape index (κ3) is 2.85. The number of carbonyl (C=O) groups excluding carboxylic acids is 1. The highest BCUT2D eigenvalue weighted by Gasteiger charge is 2.19.